The van der Waals surface area contributed by atoms with Gasteiger partial charge in [-0.15, -0.1) is 0 Å². The van der Waals surface area contributed by atoms with Crippen LogP contribution in [-0.2, 0) is 17.8 Å². The van der Waals surface area contributed by atoms with Crippen molar-refractivity contribution < 1.29 is 14.5 Å². The molecule has 104 valence electrons. The van der Waals surface area contributed by atoms with E-state index in [2.05, 4.69) is 0 Å². The lowest BCUT2D eigenvalue weighted by atomic mass is 10.1. The average molecular weight is 278 g/mol. The zero-order valence-corrected chi connectivity index (χ0v) is 11.6. The number of rotatable bonds is 4. The molecule has 0 atom stereocenters. The highest BCUT2D eigenvalue weighted by Crippen LogP contribution is 2.16. The molecule has 0 aliphatic rings. The zero-order chi connectivity index (χ0) is 14.7. The van der Waals surface area contributed by atoms with Crippen molar-refractivity contribution in [3.8, 4) is 0 Å². The molecule has 1 aromatic heterocycles. The van der Waals surface area contributed by atoms with Gasteiger partial charge in [0.05, 0.1) is 0 Å². The molecule has 3 heteroatoms. The minimum Gasteiger partial charge on any atom is -0.481 e. The molecule has 0 saturated carbocycles. The number of hydrogen-bond donors (Lipinski definition) is 1. The van der Waals surface area contributed by atoms with E-state index in [1.807, 2.05) is 71.4 Å². The molecule has 0 aliphatic carbocycles. The van der Waals surface area contributed by atoms with Crippen LogP contribution in [0.2, 0.25) is 0 Å². The summed E-state index contributed by atoms with van der Waals surface area (Å²) in [6.45, 7) is 0.675. The van der Waals surface area contributed by atoms with E-state index in [0.717, 1.165) is 22.0 Å². The van der Waals surface area contributed by atoms with Crippen molar-refractivity contribution in [2.45, 2.75) is 13.0 Å². The first kappa shape index (κ1) is 13.3. The molecule has 0 aliphatic heterocycles. The first-order valence-corrected chi connectivity index (χ1v) is 6.90. The second-order valence-electron chi connectivity index (χ2n) is 5.03. The fourth-order valence-electron chi connectivity index (χ4n) is 2.59. The van der Waals surface area contributed by atoms with E-state index in [4.69, 9.17) is 0 Å². The zero-order valence-electron chi connectivity index (χ0n) is 11.6. The largest absolute Gasteiger partial charge is 0.481 e. The maximum Gasteiger partial charge on any atom is 0.314 e. The monoisotopic (exact) mass is 278 g/mol. The number of aliphatic carboxylic acids is 1. The summed E-state index contributed by atoms with van der Waals surface area (Å²) in [7, 11) is 0. The van der Waals surface area contributed by atoms with Gasteiger partial charge in [-0.3, -0.25) is 4.79 Å². The van der Waals surface area contributed by atoms with Crippen LogP contribution in [0, 0.1) is 0 Å². The van der Waals surface area contributed by atoms with Gasteiger partial charge >= 0.3 is 5.97 Å². The van der Waals surface area contributed by atoms with E-state index in [1.165, 1.54) is 0 Å². The van der Waals surface area contributed by atoms with Crippen LogP contribution in [0.5, 0.6) is 0 Å². The molecule has 0 amide bonds. The van der Waals surface area contributed by atoms with Crippen LogP contribution in [0.4, 0.5) is 0 Å². The van der Waals surface area contributed by atoms with Gasteiger partial charge in [-0.2, -0.15) is 4.57 Å². The number of hydrogen-bond acceptors (Lipinski definition) is 1. The second-order valence-corrected chi connectivity index (χ2v) is 5.03. The lowest BCUT2D eigenvalue weighted by Crippen LogP contribution is -2.39. The molecule has 21 heavy (non-hydrogen) atoms. The number of pyridine rings is 1. The van der Waals surface area contributed by atoms with Crippen LogP contribution in [-0.4, -0.2) is 11.1 Å². The molecular weight excluding hydrogens is 262 g/mol. The van der Waals surface area contributed by atoms with E-state index >= 15 is 0 Å². The minimum absolute atomic E-state index is 0.0220. The molecule has 3 aromatic rings. The third kappa shape index (κ3) is 2.92. The summed E-state index contributed by atoms with van der Waals surface area (Å²) < 4.78 is 2.02. The van der Waals surface area contributed by atoms with Gasteiger partial charge in [-0.25, -0.2) is 0 Å². The molecule has 0 unspecified atom stereocenters. The number of benzene rings is 2. The van der Waals surface area contributed by atoms with Gasteiger partial charge in [0.2, 0.25) is 5.69 Å². The number of fused-ring (bicyclic) bond motifs is 1. The van der Waals surface area contributed by atoms with Crippen LogP contribution in [0.25, 0.3) is 10.8 Å². The summed E-state index contributed by atoms with van der Waals surface area (Å²) >= 11 is 0. The summed E-state index contributed by atoms with van der Waals surface area (Å²) in [6, 6.07) is 20.0. The van der Waals surface area contributed by atoms with Crippen LogP contribution in [0.1, 0.15) is 11.3 Å². The van der Waals surface area contributed by atoms with Gasteiger partial charge in [-0.05, 0) is 11.5 Å². The van der Waals surface area contributed by atoms with Crippen molar-refractivity contribution in [1.82, 2.24) is 0 Å². The van der Waals surface area contributed by atoms with Crippen LogP contribution >= 0.6 is 0 Å². The van der Waals surface area contributed by atoms with Crippen LogP contribution in [0.15, 0.2) is 66.9 Å². The molecule has 1 N–H and O–H groups in total. The molecule has 3 rings (SSSR count). The van der Waals surface area contributed by atoms with Crippen molar-refractivity contribution in [1.29, 1.82) is 0 Å². The Balaban J connectivity index is 2.10. The smallest absolute Gasteiger partial charge is 0.314 e. The Kier molecular flexibility index (Phi) is 3.65. The maximum absolute atomic E-state index is 11.2. The predicted octanol–water partition coefficient (Wildman–Crippen LogP) is 2.80. The second kappa shape index (κ2) is 5.75. The molecule has 0 bridgehead atoms. The fraction of sp³-hybridized carbons (Fsp3) is 0.111. The average Bonchev–Trinajstić information content (AvgIpc) is 2.50. The van der Waals surface area contributed by atoms with E-state index in [1.54, 1.807) is 0 Å². The molecule has 0 saturated heterocycles. The lowest BCUT2D eigenvalue weighted by molar-refractivity contribution is -0.693. The number of carboxylic acids is 1. The first-order chi connectivity index (χ1) is 10.2. The van der Waals surface area contributed by atoms with Gasteiger partial charge in [0.15, 0.2) is 12.7 Å². The summed E-state index contributed by atoms with van der Waals surface area (Å²) in [4.78, 5) is 11.2. The quantitative estimate of drug-likeness (QED) is 0.746. The normalized spacial score (nSPS) is 10.7. The molecule has 3 nitrogen and oxygen atoms in total. The molecular formula is C18H16NO2+. The highest BCUT2D eigenvalue weighted by Gasteiger charge is 2.18. The number of aromatic nitrogens is 1. The van der Waals surface area contributed by atoms with E-state index in [9.17, 15) is 9.90 Å². The maximum atomic E-state index is 11.2. The van der Waals surface area contributed by atoms with E-state index in [0.29, 0.717) is 6.54 Å². The third-order valence-electron chi connectivity index (χ3n) is 3.57. The fourth-order valence-corrected chi connectivity index (χ4v) is 2.59. The molecule has 1 heterocycles. The van der Waals surface area contributed by atoms with Crippen LogP contribution < -0.4 is 4.57 Å². The summed E-state index contributed by atoms with van der Waals surface area (Å²) in [5.41, 5.74) is 1.99. The van der Waals surface area contributed by atoms with Gasteiger partial charge in [0, 0.05) is 17.0 Å². The van der Waals surface area contributed by atoms with Crippen LogP contribution in [0.3, 0.4) is 0 Å². The standard InChI is InChI=1S/C18H15NO2/c20-18(21)12-17-16-9-5-4-8-15(16)10-11-19(17)13-14-6-2-1-3-7-14/h1-11H,12-13H2/p+1. The molecule has 0 radical (unpaired) electrons. The van der Waals surface area contributed by atoms with E-state index in [-0.39, 0.29) is 6.42 Å². The van der Waals surface area contributed by atoms with Crippen molar-refractivity contribution in [2.24, 2.45) is 0 Å². The molecule has 0 fully saturated rings. The number of nitrogens with zero attached hydrogens (tertiary/aromatic N) is 1. The van der Waals surface area contributed by atoms with Gasteiger partial charge in [0.1, 0.15) is 6.42 Å². The first-order valence-electron chi connectivity index (χ1n) is 6.90. The summed E-state index contributed by atoms with van der Waals surface area (Å²) in [6.07, 6.45) is 1.99. The lowest BCUT2D eigenvalue weighted by Gasteiger charge is -2.06. The summed E-state index contributed by atoms with van der Waals surface area (Å²) in [5, 5.41) is 11.3. The Morgan fingerprint density at radius 3 is 2.43 bits per heavy atom. The van der Waals surface area contributed by atoms with Crippen molar-refractivity contribution in [3.63, 3.8) is 0 Å². The Hall–Kier alpha value is -2.68. The predicted molar refractivity (Wildman–Crippen MR) is 81.0 cm³/mol. The number of carbonyl (C=O) groups is 1. The summed E-state index contributed by atoms with van der Waals surface area (Å²) in [5.74, 6) is -0.812. The van der Waals surface area contributed by atoms with E-state index < -0.39 is 5.97 Å². The van der Waals surface area contributed by atoms with Gasteiger partial charge in [0.25, 0.3) is 0 Å². The Morgan fingerprint density at radius 2 is 1.67 bits per heavy atom. The van der Waals surface area contributed by atoms with Gasteiger partial charge < -0.3 is 5.11 Å². The third-order valence-corrected chi connectivity index (χ3v) is 3.57. The Bertz CT molecular complexity index is 782. The molecule has 0 spiro atoms. The van der Waals surface area contributed by atoms with Crippen molar-refractivity contribution >= 4 is 16.7 Å². The van der Waals surface area contributed by atoms with Gasteiger partial charge in [-0.1, -0.05) is 48.5 Å². The van der Waals surface area contributed by atoms with Crippen molar-refractivity contribution in [2.75, 3.05) is 0 Å². The Morgan fingerprint density at radius 1 is 0.952 bits per heavy atom. The topological polar surface area (TPSA) is 41.2 Å². The number of carboxylic acid groups (broad SMARTS) is 1. The minimum atomic E-state index is -0.812. The molecule has 2 aromatic carbocycles. The van der Waals surface area contributed by atoms with Crippen molar-refractivity contribution in [3.05, 3.63) is 78.1 Å². The Labute approximate surface area is 123 Å². The highest BCUT2D eigenvalue weighted by molar-refractivity contribution is 5.86. The highest BCUT2D eigenvalue weighted by atomic mass is 16.4. The SMILES string of the molecule is O=C(O)Cc1c2ccccc2cc[n+]1Cc1ccccc1.